The van der Waals surface area contributed by atoms with Crippen LogP contribution < -0.4 is 0 Å². The predicted octanol–water partition coefficient (Wildman–Crippen LogP) is 4.01. The van der Waals surface area contributed by atoms with Gasteiger partial charge in [0.25, 0.3) is 0 Å². The van der Waals surface area contributed by atoms with Crippen LogP contribution >= 0.6 is 0 Å². The van der Waals surface area contributed by atoms with Gasteiger partial charge in [-0.05, 0) is 67.4 Å². The molecule has 0 aromatic heterocycles. The Morgan fingerprint density at radius 3 is 2.20 bits per heavy atom. The van der Waals surface area contributed by atoms with Gasteiger partial charge in [0, 0.05) is 12.3 Å². The predicted molar refractivity (Wildman–Crippen MR) is 75.6 cm³/mol. The molecule has 0 atom stereocenters. The fourth-order valence-electron chi connectivity index (χ4n) is 5.40. The first-order chi connectivity index (χ1) is 9.70. The molecule has 0 aliphatic heterocycles. The largest absolute Gasteiger partial charge is 0.299 e. The van der Waals surface area contributed by atoms with E-state index in [1.807, 2.05) is 6.07 Å². The Morgan fingerprint density at radius 1 is 1.00 bits per heavy atom. The van der Waals surface area contributed by atoms with Crippen LogP contribution in [0.5, 0.6) is 0 Å². The van der Waals surface area contributed by atoms with Crippen LogP contribution in [0, 0.1) is 35.4 Å². The Morgan fingerprint density at radius 2 is 1.60 bits per heavy atom. The molecule has 4 aliphatic carbocycles. The van der Waals surface area contributed by atoms with Gasteiger partial charge in [-0.3, -0.25) is 4.79 Å². The van der Waals surface area contributed by atoms with Crippen molar-refractivity contribution >= 4 is 5.78 Å². The van der Waals surface area contributed by atoms with E-state index in [9.17, 15) is 9.18 Å². The molecule has 2 heteroatoms. The van der Waals surface area contributed by atoms with Gasteiger partial charge < -0.3 is 0 Å². The Labute approximate surface area is 119 Å². The van der Waals surface area contributed by atoms with Crippen LogP contribution in [0.3, 0.4) is 0 Å². The third-order valence-electron chi connectivity index (χ3n) is 5.92. The first-order valence-electron chi connectivity index (χ1n) is 7.97. The minimum atomic E-state index is -0.232. The molecule has 4 fully saturated rings. The second-order valence-corrected chi connectivity index (χ2v) is 7.19. The van der Waals surface area contributed by atoms with Crippen LogP contribution in [0.2, 0.25) is 0 Å². The fourth-order valence-corrected chi connectivity index (χ4v) is 5.40. The van der Waals surface area contributed by atoms with Crippen molar-refractivity contribution < 1.29 is 9.18 Å². The van der Waals surface area contributed by atoms with Gasteiger partial charge in [0.05, 0.1) is 0 Å². The minimum Gasteiger partial charge on any atom is -0.299 e. The Bertz CT molecular complexity index is 508. The van der Waals surface area contributed by atoms with Crippen LogP contribution in [0.25, 0.3) is 0 Å². The second kappa shape index (κ2) is 4.68. The monoisotopic (exact) mass is 272 g/mol. The van der Waals surface area contributed by atoms with Crippen LogP contribution in [0.4, 0.5) is 4.39 Å². The van der Waals surface area contributed by atoms with E-state index in [2.05, 4.69) is 0 Å². The molecule has 1 nitrogen and oxygen atoms in total. The summed E-state index contributed by atoms with van der Waals surface area (Å²) < 4.78 is 13.7. The summed E-state index contributed by atoms with van der Waals surface area (Å²) in [6, 6.07) is 6.72. The molecule has 20 heavy (non-hydrogen) atoms. The molecule has 1 aromatic rings. The van der Waals surface area contributed by atoms with E-state index in [0.29, 0.717) is 29.6 Å². The highest BCUT2D eigenvalue weighted by Crippen LogP contribution is 2.56. The van der Waals surface area contributed by atoms with Crippen LogP contribution in [-0.2, 0) is 11.2 Å². The van der Waals surface area contributed by atoms with Gasteiger partial charge in [-0.1, -0.05) is 18.2 Å². The quantitative estimate of drug-likeness (QED) is 0.812. The topological polar surface area (TPSA) is 17.1 Å². The summed E-state index contributed by atoms with van der Waals surface area (Å²) in [5.41, 5.74) is 0.575. The van der Waals surface area contributed by atoms with E-state index in [1.54, 1.807) is 12.1 Å². The molecule has 4 aliphatic rings. The fraction of sp³-hybridized carbons (Fsp3) is 0.611. The summed E-state index contributed by atoms with van der Waals surface area (Å²) in [6.45, 7) is 0. The van der Waals surface area contributed by atoms with Crippen molar-refractivity contribution in [1.82, 2.24) is 0 Å². The Hall–Kier alpha value is -1.18. The van der Waals surface area contributed by atoms with E-state index < -0.39 is 0 Å². The van der Waals surface area contributed by atoms with E-state index >= 15 is 0 Å². The number of benzene rings is 1. The van der Waals surface area contributed by atoms with Crippen molar-refractivity contribution in [3.63, 3.8) is 0 Å². The highest BCUT2D eigenvalue weighted by atomic mass is 19.1. The molecule has 0 unspecified atom stereocenters. The van der Waals surface area contributed by atoms with Crippen molar-refractivity contribution in [3.05, 3.63) is 35.6 Å². The SMILES string of the molecule is O=C(Cc1ccccc1F)C1C2CC3CC(C2)CC1C3. The second-order valence-electron chi connectivity index (χ2n) is 7.19. The lowest BCUT2D eigenvalue weighted by Crippen LogP contribution is -2.48. The molecule has 0 radical (unpaired) electrons. The highest BCUT2D eigenvalue weighted by molar-refractivity contribution is 5.84. The summed E-state index contributed by atoms with van der Waals surface area (Å²) in [7, 11) is 0. The third-order valence-corrected chi connectivity index (χ3v) is 5.92. The van der Waals surface area contributed by atoms with E-state index in [0.717, 1.165) is 11.8 Å². The van der Waals surface area contributed by atoms with Crippen LogP contribution in [-0.4, -0.2) is 5.78 Å². The zero-order valence-electron chi connectivity index (χ0n) is 11.7. The molecule has 4 bridgehead atoms. The number of halogens is 1. The zero-order chi connectivity index (χ0) is 13.7. The van der Waals surface area contributed by atoms with Crippen LogP contribution in [0.15, 0.2) is 24.3 Å². The van der Waals surface area contributed by atoms with Crippen molar-refractivity contribution in [1.29, 1.82) is 0 Å². The first kappa shape index (κ1) is 12.6. The van der Waals surface area contributed by atoms with E-state index in [-0.39, 0.29) is 11.7 Å². The smallest absolute Gasteiger partial charge is 0.140 e. The van der Waals surface area contributed by atoms with Gasteiger partial charge >= 0.3 is 0 Å². The standard InChI is InChI=1S/C18H21FO/c19-16-4-2-1-3-13(16)10-17(20)18-14-6-11-5-12(8-14)9-15(18)7-11/h1-4,11-12,14-15,18H,5-10H2. The van der Waals surface area contributed by atoms with Gasteiger partial charge in [0.2, 0.25) is 0 Å². The Balaban J connectivity index is 1.53. The Kier molecular flexibility index (Phi) is 2.94. The van der Waals surface area contributed by atoms with Gasteiger partial charge in [0.15, 0.2) is 0 Å². The molecule has 5 rings (SSSR count). The minimum absolute atomic E-state index is 0.224. The number of carbonyl (C=O) groups is 1. The van der Waals surface area contributed by atoms with Crippen LogP contribution in [0.1, 0.15) is 37.7 Å². The number of hydrogen-bond donors (Lipinski definition) is 0. The lowest BCUT2D eigenvalue weighted by Gasteiger charge is -2.53. The third kappa shape index (κ3) is 2.01. The number of rotatable bonds is 3. The van der Waals surface area contributed by atoms with Gasteiger partial charge in [-0.15, -0.1) is 0 Å². The van der Waals surface area contributed by atoms with Gasteiger partial charge in [0.1, 0.15) is 11.6 Å². The van der Waals surface area contributed by atoms with Crippen molar-refractivity contribution in [2.45, 2.75) is 38.5 Å². The van der Waals surface area contributed by atoms with Crippen molar-refractivity contribution in [2.24, 2.45) is 29.6 Å². The van der Waals surface area contributed by atoms with Crippen molar-refractivity contribution in [3.8, 4) is 0 Å². The van der Waals surface area contributed by atoms with E-state index in [1.165, 1.54) is 38.2 Å². The summed E-state index contributed by atoms with van der Waals surface area (Å²) in [4.78, 5) is 12.7. The number of ketones is 1. The molecule has 0 heterocycles. The molecule has 0 amide bonds. The van der Waals surface area contributed by atoms with Crippen molar-refractivity contribution in [2.75, 3.05) is 0 Å². The van der Waals surface area contributed by atoms with Gasteiger partial charge in [-0.2, -0.15) is 0 Å². The maximum absolute atomic E-state index is 13.7. The molecule has 0 saturated heterocycles. The normalized spacial score (nSPS) is 38.1. The number of hydrogen-bond acceptors (Lipinski definition) is 1. The summed E-state index contributed by atoms with van der Waals surface area (Å²) in [5, 5.41) is 0. The zero-order valence-corrected chi connectivity index (χ0v) is 11.7. The number of Topliss-reactive ketones (excluding diaryl/α,β-unsaturated/α-hetero) is 1. The molecular weight excluding hydrogens is 251 g/mol. The average Bonchev–Trinajstić information content (AvgIpc) is 2.40. The molecule has 1 aromatic carbocycles. The molecular formula is C18H21FO. The van der Waals surface area contributed by atoms with Gasteiger partial charge in [-0.25, -0.2) is 4.39 Å². The molecule has 106 valence electrons. The highest BCUT2D eigenvalue weighted by Gasteiger charge is 2.50. The summed E-state index contributed by atoms with van der Waals surface area (Å²) in [5.74, 6) is 3.26. The summed E-state index contributed by atoms with van der Waals surface area (Å²) >= 11 is 0. The summed E-state index contributed by atoms with van der Waals surface area (Å²) in [6.07, 6.45) is 6.70. The maximum Gasteiger partial charge on any atom is 0.140 e. The average molecular weight is 272 g/mol. The maximum atomic E-state index is 13.7. The lowest BCUT2D eigenvalue weighted by molar-refractivity contribution is -0.135. The molecule has 0 N–H and O–H groups in total. The first-order valence-corrected chi connectivity index (χ1v) is 7.97. The molecule has 4 saturated carbocycles. The molecule has 0 spiro atoms. The van der Waals surface area contributed by atoms with E-state index in [4.69, 9.17) is 0 Å². The lowest BCUT2D eigenvalue weighted by atomic mass is 9.51. The number of carbonyl (C=O) groups excluding carboxylic acids is 1.